The molecule has 2 nitrogen and oxygen atoms in total. The number of phenolic OH excluding ortho intramolecular Hbond substituents is 1. The molecule has 0 bridgehead atoms. The van der Waals surface area contributed by atoms with Crippen molar-refractivity contribution in [3.8, 4) is 5.75 Å². The largest absolute Gasteiger partial charge is 0.508 e. The van der Waals surface area contributed by atoms with Crippen LogP contribution >= 0.6 is 11.6 Å². The zero-order valence-corrected chi connectivity index (χ0v) is 8.72. The lowest BCUT2D eigenvalue weighted by Crippen LogP contribution is -2.26. The normalized spacial score (nSPS) is 22.2. The maximum atomic E-state index is 9.72. The van der Waals surface area contributed by atoms with E-state index in [0.717, 1.165) is 18.5 Å². The van der Waals surface area contributed by atoms with E-state index in [-0.39, 0.29) is 0 Å². The van der Waals surface area contributed by atoms with Crippen LogP contribution in [0.2, 0.25) is 5.02 Å². The number of hydrogen-bond acceptors (Lipinski definition) is 2. The Morgan fingerprint density at radius 2 is 2.21 bits per heavy atom. The van der Waals surface area contributed by atoms with Crippen LogP contribution in [0.15, 0.2) is 18.2 Å². The minimum absolute atomic E-state index is 0.293. The Labute approximate surface area is 88.9 Å². The van der Waals surface area contributed by atoms with E-state index in [9.17, 15) is 5.11 Å². The van der Waals surface area contributed by atoms with E-state index < -0.39 is 0 Å². The van der Waals surface area contributed by atoms with Crippen LogP contribution in [0, 0.1) is 0 Å². The number of piperidine rings is 1. The number of hydrogen-bond donors (Lipinski definition) is 2. The Morgan fingerprint density at radius 1 is 1.36 bits per heavy atom. The van der Waals surface area contributed by atoms with Crippen molar-refractivity contribution in [3.05, 3.63) is 28.8 Å². The summed E-state index contributed by atoms with van der Waals surface area (Å²) in [5.74, 6) is 0.303. The number of nitrogens with one attached hydrogen (secondary N) is 1. The van der Waals surface area contributed by atoms with Crippen molar-refractivity contribution in [2.24, 2.45) is 0 Å². The first-order valence-electron chi connectivity index (χ1n) is 4.99. The highest BCUT2D eigenvalue weighted by Crippen LogP contribution is 2.31. The summed E-state index contributed by atoms with van der Waals surface area (Å²) in [4.78, 5) is 0. The molecule has 1 fully saturated rings. The Kier molecular flexibility index (Phi) is 2.94. The standard InChI is InChI=1S/C11H14ClNO/c12-8-4-5-9(11(14)7-8)10-3-1-2-6-13-10/h4-5,7,10,13-14H,1-3,6H2/t10-/m1/s1. The van der Waals surface area contributed by atoms with Crippen LogP contribution in [0.5, 0.6) is 5.75 Å². The molecule has 0 spiro atoms. The summed E-state index contributed by atoms with van der Waals surface area (Å²) in [7, 11) is 0. The third-order valence-corrected chi connectivity index (χ3v) is 2.91. The third-order valence-electron chi connectivity index (χ3n) is 2.68. The first-order valence-corrected chi connectivity index (χ1v) is 5.37. The molecule has 76 valence electrons. The lowest BCUT2D eigenvalue weighted by atomic mass is 9.97. The average molecular weight is 212 g/mol. The predicted octanol–water partition coefficient (Wildman–Crippen LogP) is 2.86. The molecule has 0 radical (unpaired) electrons. The van der Waals surface area contributed by atoms with Crippen LogP contribution in [0.1, 0.15) is 30.9 Å². The molecule has 0 amide bonds. The topological polar surface area (TPSA) is 32.3 Å². The molecule has 2 N–H and O–H groups in total. The van der Waals surface area contributed by atoms with Crippen molar-refractivity contribution in [3.63, 3.8) is 0 Å². The van der Waals surface area contributed by atoms with Gasteiger partial charge in [0.05, 0.1) is 0 Å². The highest BCUT2D eigenvalue weighted by Gasteiger charge is 2.17. The Morgan fingerprint density at radius 3 is 2.86 bits per heavy atom. The molecule has 1 aliphatic rings. The van der Waals surface area contributed by atoms with E-state index >= 15 is 0 Å². The van der Waals surface area contributed by atoms with Crippen LogP contribution in [0.3, 0.4) is 0 Å². The molecule has 1 aliphatic heterocycles. The van der Waals surface area contributed by atoms with E-state index in [1.54, 1.807) is 6.07 Å². The molecule has 0 saturated carbocycles. The van der Waals surface area contributed by atoms with Gasteiger partial charge >= 0.3 is 0 Å². The van der Waals surface area contributed by atoms with Gasteiger partial charge in [0.2, 0.25) is 0 Å². The van der Waals surface area contributed by atoms with Gasteiger partial charge in [0.1, 0.15) is 5.75 Å². The molecule has 0 aromatic heterocycles. The minimum atomic E-state index is 0.293. The van der Waals surface area contributed by atoms with E-state index in [4.69, 9.17) is 11.6 Å². The van der Waals surface area contributed by atoms with Crippen LogP contribution in [-0.4, -0.2) is 11.7 Å². The molecule has 1 atom stereocenters. The van der Waals surface area contributed by atoms with Gasteiger partial charge in [-0.3, -0.25) is 0 Å². The zero-order valence-electron chi connectivity index (χ0n) is 7.96. The van der Waals surface area contributed by atoms with Gasteiger partial charge in [0.25, 0.3) is 0 Å². The summed E-state index contributed by atoms with van der Waals surface area (Å²) >= 11 is 5.78. The van der Waals surface area contributed by atoms with Crippen LogP contribution < -0.4 is 5.32 Å². The van der Waals surface area contributed by atoms with Gasteiger partial charge in [-0.1, -0.05) is 24.1 Å². The van der Waals surface area contributed by atoms with Gasteiger partial charge in [-0.25, -0.2) is 0 Å². The first-order chi connectivity index (χ1) is 6.77. The maximum Gasteiger partial charge on any atom is 0.121 e. The molecular weight excluding hydrogens is 198 g/mol. The molecule has 14 heavy (non-hydrogen) atoms. The second-order valence-electron chi connectivity index (χ2n) is 3.71. The number of halogens is 1. The molecule has 1 aromatic carbocycles. The fraction of sp³-hybridized carbons (Fsp3) is 0.455. The summed E-state index contributed by atoms with van der Waals surface area (Å²) in [5, 5.41) is 13.7. The Hall–Kier alpha value is -0.730. The van der Waals surface area contributed by atoms with Gasteiger partial charge in [-0.05, 0) is 31.5 Å². The zero-order chi connectivity index (χ0) is 9.97. The van der Waals surface area contributed by atoms with Gasteiger partial charge < -0.3 is 10.4 Å². The number of phenols is 1. The van der Waals surface area contributed by atoms with Gasteiger partial charge in [0, 0.05) is 16.6 Å². The van der Waals surface area contributed by atoms with Crippen LogP contribution in [0.25, 0.3) is 0 Å². The van der Waals surface area contributed by atoms with Crippen LogP contribution in [-0.2, 0) is 0 Å². The van der Waals surface area contributed by atoms with Crippen molar-refractivity contribution >= 4 is 11.6 Å². The molecule has 0 unspecified atom stereocenters. The van der Waals surface area contributed by atoms with E-state index in [0.29, 0.717) is 16.8 Å². The second-order valence-corrected chi connectivity index (χ2v) is 4.14. The summed E-state index contributed by atoms with van der Waals surface area (Å²) < 4.78 is 0. The fourth-order valence-corrected chi connectivity index (χ4v) is 2.10. The average Bonchev–Trinajstić information content (AvgIpc) is 2.19. The third kappa shape index (κ3) is 2.02. The highest BCUT2D eigenvalue weighted by atomic mass is 35.5. The van der Waals surface area contributed by atoms with E-state index in [1.807, 2.05) is 12.1 Å². The van der Waals surface area contributed by atoms with Crippen molar-refractivity contribution < 1.29 is 5.11 Å². The summed E-state index contributed by atoms with van der Waals surface area (Å²) in [6.07, 6.45) is 3.54. The number of aromatic hydroxyl groups is 1. The molecule has 1 heterocycles. The maximum absolute atomic E-state index is 9.72. The smallest absolute Gasteiger partial charge is 0.121 e. The summed E-state index contributed by atoms with van der Waals surface area (Å²) in [6, 6.07) is 5.63. The molecule has 3 heteroatoms. The second kappa shape index (κ2) is 4.20. The quantitative estimate of drug-likeness (QED) is 0.749. The lowest BCUT2D eigenvalue weighted by Gasteiger charge is -2.24. The van der Waals surface area contributed by atoms with Crippen molar-refractivity contribution in [1.29, 1.82) is 0 Å². The van der Waals surface area contributed by atoms with Gasteiger partial charge in [-0.15, -0.1) is 0 Å². The van der Waals surface area contributed by atoms with Crippen molar-refractivity contribution in [2.45, 2.75) is 25.3 Å². The highest BCUT2D eigenvalue weighted by molar-refractivity contribution is 6.30. The molecule has 2 rings (SSSR count). The Balaban J connectivity index is 2.22. The summed E-state index contributed by atoms with van der Waals surface area (Å²) in [6.45, 7) is 1.03. The van der Waals surface area contributed by atoms with Crippen molar-refractivity contribution in [1.82, 2.24) is 5.32 Å². The first kappa shape index (κ1) is 9.81. The van der Waals surface area contributed by atoms with Crippen molar-refractivity contribution in [2.75, 3.05) is 6.54 Å². The van der Waals surface area contributed by atoms with Gasteiger partial charge in [0.15, 0.2) is 0 Å². The number of rotatable bonds is 1. The summed E-state index contributed by atoms with van der Waals surface area (Å²) in [5.41, 5.74) is 0.967. The minimum Gasteiger partial charge on any atom is -0.508 e. The Bertz CT molecular complexity index is 321. The SMILES string of the molecule is Oc1cc(Cl)ccc1[C@H]1CCCCN1. The fourth-order valence-electron chi connectivity index (χ4n) is 1.93. The molecule has 1 aromatic rings. The number of benzene rings is 1. The molecule has 0 aliphatic carbocycles. The van der Waals surface area contributed by atoms with E-state index in [1.165, 1.54) is 12.8 Å². The lowest BCUT2D eigenvalue weighted by molar-refractivity contribution is 0.391. The molecule has 1 saturated heterocycles. The van der Waals surface area contributed by atoms with Gasteiger partial charge in [-0.2, -0.15) is 0 Å². The molecular formula is C11H14ClNO. The van der Waals surface area contributed by atoms with Crippen LogP contribution in [0.4, 0.5) is 0 Å². The monoisotopic (exact) mass is 211 g/mol. The predicted molar refractivity (Wildman–Crippen MR) is 57.7 cm³/mol. The van der Waals surface area contributed by atoms with E-state index in [2.05, 4.69) is 5.32 Å².